The first-order chi connectivity index (χ1) is 9.60. The van der Waals surface area contributed by atoms with Crippen molar-refractivity contribution in [3.63, 3.8) is 0 Å². The van der Waals surface area contributed by atoms with Gasteiger partial charge in [0.05, 0.1) is 0 Å². The van der Waals surface area contributed by atoms with Gasteiger partial charge in [0, 0.05) is 35.9 Å². The van der Waals surface area contributed by atoms with E-state index in [0.717, 1.165) is 31.2 Å². The van der Waals surface area contributed by atoms with E-state index in [-0.39, 0.29) is 0 Å². The summed E-state index contributed by atoms with van der Waals surface area (Å²) < 4.78 is 0. The SMILES string of the molecule is CCCCN(CC)c1cccc(Cl)c1CNCC(C)C. The van der Waals surface area contributed by atoms with Gasteiger partial charge < -0.3 is 10.2 Å². The number of unbranched alkanes of at least 4 members (excludes halogenated alkanes) is 1. The van der Waals surface area contributed by atoms with Gasteiger partial charge in [-0.25, -0.2) is 0 Å². The molecule has 0 heterocycles. The maximum atomic E-state index is 6.41. The summed E-state index contributed by atoms with van der Waals surface area (Å²) in [6.07, 6.45) is 2.44. The second-order valence-electron chi connectivity index (χ2n) is 5.70. The Hall–Kier alpha value is -0.730. The number of hydrogen-bond acceptors (Lipinski definition) is 2. The van der Waals surface area contributed by atoms with Gasteiger partial charge in [0.2, 0.25) is 0 Å². The largest absolute Gasteiger partial charge is 0.372 e. The van der Waals surface area contributed by atoms with E-state index in [0.29, 0.717) is 5.92 Å². The van der Waals surface area contributed by atoms with E-state index in [2.05, 4.69) is 50.0 Å². The van der Waals surface area contributed by atoms with Crippen molar-refractivity contribution in [3.05, 3.63) is 28.8 Å². The minimum Gasteiger partial charge on any atom is -0.372 e. The highest BCUT2D eigenvalue weighted by molar-refractivity contribution is 6.31. The Bertz CT molecular complexity index is 391. The number of rotatable bonds is 9. The highest BCUT2D eigenvalue weighted by atomic mass is 35.5. The van der Waals surface area contributed by atoms with E-state index in [1.54, 1.807) is 0 Å². The molecule has 20 heavy (non-hydrogen) atoms. The van der Waals surface area contributed by atoms with Gasteiger partial charge in [-0.15, -0.1) is 0 Å². The summed E-state index contributed by atoms with van der Waals surface area (Å²) in [5, 5.41) is 4.38. The summed E-state index contributed by atoms with van der Waals surface area (Å²) in [7, 11) is 0. The zero-order valence-electron chi connectivity index (χ0n) is 13.4. The summed E-state index contributed by atoms with van der Waals surface area (Å²) in [6.45, 7) is 12.9. The molecule has 0 bridgehead atoms. The first-order valence-electron chi connectivity index (χ1n) is 7.83. The van der Waals surface area contributed by atoms with Gasteiger partial charge >= 0.3 is 0 Å². The molecule has 1 N–H and O–H groups in total. The number of anilines is 1. The monoisotopic (exact) mass is 296 g/mol. The fourth-order valence-electron chi connectivity index (χ4n) is 2.30. The van der Waals surface area contributed by atoms with Crippen molar-refractivity contribution in [3.8, 4) is 0 Å². The quantitative estimate of drug-likeness (QED) is 0.710. The molecule has 0 saturated carbocycles. The number of hydrogen-bond donors (Lipinski definition) is 1. The summed E-state index contributed by atoms with van der Waals surface area (Å²) >= 11 is 6.41. The normalized spacial score (nSPS) is 11.1. The minimum absolute atomic E-state index is 0.656. The van der Waals surface area contributed by atoms with Crippen molar-refractivity contribution in [2.24, 2.45) is 5.92 Å². The molecule has 0 spiro atoms. The Balaban J connectivity index is 2.85. The standard InChI is InChI=1S/C17H29ClN2/c1-5-7-11-20(6-2)17-10-8-9-16(18)15(17)13-19-12-14(3)4/h8-10,14,19H,5-7,11-13H2,1-4H3. The minimum atomic E-state index is 0.656. The molecule has 1 aromatic carbocycles. The van der Waals surface area contributed by atoms with Crippen LogP contribution in [0.4, 0.5) is 5.69 Å². The Morgan fingerprint density at radius 2 is 2.00 bits per heavy atom. The first-order valence-corrected chi connectivity index (χ1v) is 8.20. The fraction of sp³-hybridized carbons (Fsp3) is 0.647. The lowest BCUT2D eigenvalue weighted by molar-refractivity contribution is 0.552. The molecule has 0 radical (unpaired) electrons. The maximum absolute atomic E-state index is 6.41. The number of benzene rings is 1. The molecule has 2 nitrogen and oxygen atoms in total. The van der Waals surface area contributed by atoms with Crippen LogP contribution < -0.4 is 10.2 Å². The van der Waals surface area contributed by atoms with Gasteiger partial charge in [-0.05, 0) is 37.9 Å². The number of nitrogens with zero attached hydrogens (tertiary/aromatic N) is 1. The van der Waals surface area contributed by atoms with Crippen molar-refractivity contribution in [1.29, 1.82) is 0 Å². The molecular weight excluding hydrogens is 268 g/mol. The molecule has 0 aliphatic rings. The van der Waals surface area contributed by atoms with Gasteiger partial charge in [-0.3, -0.25) is 0 Å². The van der Waals surface area contributed by atoms with E-state index in [1.807, 2.05) is 6.07 Å². The highest BCUT2D eigenvalue weighted by Gasteiger charge is 2.12. The van der Waals surface area contributed by atoms with Crippen LogP contribution in [0.5, 0.6) is 0 Å². The third-order valence-corrected chi connectivity index (χ3v) is 3.81. The van der Waals surface area contributed by atoms with Crippen molar-refractivity contribution in [2.75, 3.05) is 24.5 Å². The molecule has 0 amide bonds. The fourth-order valence-corrected chi connectivity index (χ4v) is 2.54. The number of halogens is 1. The molecule has 0 unspecified atom stereocenters. The molecule has 0 fully saturated rings. The van der Waals surface area contributed by atoms with Crippen molar-refractivity contribution < 1.29 is 0 Å². The Morgan fingerprint density at radius 1 is 1.25 bits per heavy atom. The average Bonchev–Trinajstić information content (AvgIpc) is 2.42. The zero-order valence-corrected chi connectivity index (χ0v) is 14.1. The van der Waals surface area contributed by atoms with Crippen LogP contribution in [0.3, 0.4) is 0 Å². The van der Waals surface area contributed by atoms with E-state index < -0.39 is 0 Å². The average molecular weight is 297 g/mol. The van der Waals surface area contributed by atoms with Crippen LogP contribution in [0.2, 0.25) is 5.02 Å². The van der Waals surface area contributed by atoms with Crippen LogP contribution in [0.25, 0.3) is 0 Å². The van der Waals surface area contributed by atoms with Crippen LogP contribution in [-0.2, 0) is 6.54 Å². The Morgan fingerprint density at radius 3 is 2.60 bits per heavy atom. The summed E-state index contributed by atoms with van der Waals surface area (Å²) in [5.41, 5.74) is 2.51. The summed E-state index contributed by atoms with van der Waals surface area (Å²) in [4.78, 5) is 2.43. The highest BCUT2D eigenvalue weighted by Crippen LogP contribution is 2.27. The van der Waals surface area contributed by atoms with E-state index in [9.17, 15) is 0 Å². The topological polar surface area (TPSA) is 15.3 Å². The van der Waals surface area contributed by atoms with E-state index >= 15 is 0 Å². The van der Waals surface area contributed by atoms with E-state index in [1.165, 1.54) is 24.1 Å². The molecule has 0 saturated heterocycles. The molecule has 1 rings (SSSR count). The molecule has 0 atom stereocenters. The van der Waals surface area contributed by atoms with Crippen LogP contribution in [0.15, 0.2) is 18.2 Å². The van der Waals surface area contributed by atoms with Crippen LogP contribution in [0.1, 0.15) is 46.1 Å². The molecule has 0 aromatic heterocycles. The third kappa shape index (κ3) is 5.34. The van der Waals surface area contributed by atoms with Crippen molar-refractivity contribution >= 4 is 17.3 Å². The van der Waals surface area contributed by atoms with Gasteiger partial charge in [-0.1, -0.05) is 44.9 Å². The van der Waals surface area contributed by atoms with Crippen LogP contribution in [0, 0.1) is 5.92 Å². The molecule has 1 aromatic rings. The van der Waals surface area contributed by atoms with Crippen LogP contribution in [-0.4, -0.2) is 19.6 Å². The smallest absolute Gasteiger partial charge is 0.0471 e. The second kappa shape index (κ2) is 9.25. The lowest BCUT2D eigenvalue weighted by atomic mass is 10.1. The summed E-state index contributed by atoms with van der Waals surface area (Å²) in [5.74, 6) is 0.656. The lowest BCUT2D eigenvalue weighted by Gasteiger charge is -2.26. The van der Waals surface area contributed by atoms with Crippen molar-refractivity contribution in [2.45, 2.75) is 47.1 Å². The molecule has 114 valence electrons. The van der Waals surface area contributed by atoms with Gasteiger partial charge in [0.25, 0.3) is 0 Å². The Kier molecular flexibility index (Phi) is 8.01. The maximum Gasteiger partial charge on any atom is 0.0471 e. The van der Waals surface area contributed by atoms with Gasteiger partial charge in [-0.2, -0.15) is 0 Å². The predicted molar refractivity (Wildman–Crippen MR) is 90.8 cm³/mol. The Labute approximate surface area is 129 Å². The molecule has 3 heteroatoms. The zero-order chi connectivity index (χ0) is 15.0. The van der Waals surface area contributed by atoms with Gasteiger partial charge in [0.15, 0.2) is 0 Å². The summed E-state index contributed by atoms with van der Waals surface area (Å²) in [6, 6.07) is 6.24. The molecule has 0 aliphatic heterocycles. The van der Waals surface area contributed by atoms with Gasteiger partial charge in [0.1, 0.15) is 0 Å². The molecule has 0 aliphatic carbocycles. The third-order valence-electron chi connectivity index (χ3n) is 3.45. The lowest BCUT2D eigenvalue weighted by Crippen LogP contribution is -2.27. The first kappa shape index (κ1) is 17.3. The predicted octanol–water partition coefficient (Wildman–Crippen LogP) is 4.71. The van der Waals surface area contributed by atoms with Crippen molar-refractivity contribution in [1.82, 2.24) is 5.32 Å². The molecular formula is C17H29ClN2. The second-order valence-corrected chi connectivity index (χ2v) is 6.10. The number of nitrogens with one attached hydrogen (secondary N) is 1. The van der Waals surface area contributed by atoms with Crippen LogP contribution >= 0.6 is 11.6 Å². The van der Waals surface area contributed by atoms with E-state index in [4.69, 9.17) is 11.6 Å².